The molecule has 1 aromatic carbocycles. The summed E-state index contributed by atoms with van der Waals surface area (Å²) in [4.78, 5) is 57.0. The number of rotatable bonds is 8. The maximum Gasteiger partial charge on any atom is 0.303 e. The zero-order chi connectivity index (χ0) is 24.7. The Morgan fingerprint density at radius 3 is 2.03 bits per heavy atom. The van der Waals surface area contributed by atoms with Gasteiger partial charge in [0, 0.05) is 39.8 Å². The summed E-state index contributed by atoms with van der Waals surface area (Å²) in [5.74, 6) is -2.50. The summed E-state index contributed by atoms with van der Waals surface area (Å²) in [5, 5.41) is 13.4. The van der Waals surface area contributed by atoms with Gasteiger partial charge >= 0.3 is 17.9 Å². The van der Waals surface area contributed by atoms with Gasteiger partial charge in [-0.1, -0.05) is 0 Å². The third-order valence-electron chi connectivity index (χ3n) is 4.37. The van der Waals surface area contributed by atoms with Gasteiger partial charge in [0.25, 0.3) is 5.69 Å². The van der Waals surface area contributed by atoms with Crippen LogP contribution in [-0.4, -0.2) is 66.0 Å². The van der Waals surface area contributed by atoms with E-state index in [1.54, 1.807) is 0 Å². The molecule has 1 saturated heterocycles. The largest absolute Gasteiger partial charge is 0.463 e. The van der Waals surface area contributed by atoms with E-state index in [4.69, 9.17) is 23.7 Å². The second-order valence-electron chi connectivity index (χ2n) is 7.09. The molecular formula is C20H24N2O11. The van der Waals surface area contributed by atoms with Crippen LogP contribution in [0.5, 0.6) is 5.75 Å². The molecule has 1 N–H and O–H groups in total. The molecule has 0 spiro atoms. The zero-order valence-corrected chi connectivity index (χ0v) is 18.3. The Labute approximate surface area is 188 Å². The highest BCUT2D eigenvalue weighted by molar-refractivity contribution is 5.73. The lowest BCUT2D eigenvalue weighted by atomic mass is 9.96. The molecule has 33 heavy (non-hydrogen) atoms. The minimum atomic E-state index is -1.31. The van der Waals surface area contributed by atoms with Gasteiger partial charge in [-0.3, -0.25) is 29.3 Å². The Kier molecular flexibility index (Phi) is 8.68. The van der Waals surface area contributed by atoms with Gasteiger partial charge in [0.1, 0.15) is 24.5 Å². The number of hydrogen-bond acceptors (Lipinski definition) is 11. The van der Waals surface area contributed by atoms with Crippen molar-refractivity contribution in [1.29, 1.82) is 0 Å². The first kappa shape index (κ1) is 25.5. The normalized spacial score (nSPS) is 24.2. The summed E-state index contributed by atoms with van der Waals surface area (Å²) >= 11 is 0. The van der Waals surface area contributed by atoms with Crippen molar-refractivity contribution in [1.82, 2.24) is 5.32 Å². The lowest BCUT2D eigenvalue weighted by Gasteiger charge is -2.44. The van der Waals surface area contributed by atoms with Crippen LogP contribution >= 0.6 is 0 Å². The lowest BCUT2D eigenvalue weighted by Crippen LogP contribution is -2.67. The van der Waals surface area contributed by atoms with Crippen molar-refractivity contribution in [3.63, 3.8) is 0 Å². The van der Waals surface area contributed by atoms with Crippen LogP contribution in [0.2, 0.25) is 0 Å². The van der Waals surface area contributed by atoms with Crippen LogP contribution in [0.25, 0.3) is 0 Å². The third kappa shape index (κ3) is 7.42. The van der Waals surface area contributed by atoms with E-state index in [-0.39, 0.29) is 18.0 Å². The van der Waals surface area contributed by atoms with Gasteiger partial charge in [0.2, 0.25) is 12.2 Å². The van der Waals surface area contributed by atoms with Crippen LogP contribution in [0, 0.1) is 10.1 Å². The van der Waals surface area contributed by atoms with Crippen molar-refractivity contribution in [3.8, 4) is 5.75 Å². The van der Waals surface area contributed by atoms with Gasteiger partial charge in [0.15, 0.2) is 12.2 Å². The molecule has 1 heterocycles. The van der Waals surface area contributed by atoms with Crippen LogP contribution in [0.15, 0.2) is 24.3 Å². The zero-order valence-electron chi connectivity index (χ0n) is 18.3. The highest BCUT2D eigenvalue weighted by Gasteiger charge is 2.51. The maximum absolute atomic E-state index is 11.9. The van der Waals surface area contributed by atoms with Crippen LogP contribution in [0.3, 0.4) is 0 Å². The number of nitro benzene ring substituents is 1. The lowest BCUT2D eigenvalue weighted by molar-refractivity contribution is -0.384. The predicted octanol–water partition coefficient (Wildman–Crippen LogP) is 0.630. The monoisotopic (exact) mass is 468 g/mol. The number of benzene rings is 1. The van der Waals surface area contributed by atoms with E-state index in [9.17, 15) is 29.3 Å². The Balaban J connectivity index is 2.43. The molecule has 0 aromatic heterocycles. The van der Waals surface area contributed by atoms with Gasteiger partial charge in [-0.05, 0) is 12.1 Å². The molecule has 1 fully saturated rings. The number of non-ortho nitro benzene ring substituents is 1. The number of ether oxygens (including phenoxy) is 5. The topological polar surface area (TPSA) is 170 Å². The molecule has 180 valence electrons. The van der Waals surface area contributed by atoms with Crippen molar-refractivity contribution in [2.45, 2.75) is 58.3 Å². The van der Waals surface area contributed by atoms with E-state index in [1.807, 2.05) is 0 Å². The number of nitrogens with one attached hydrogen (secondary N) is 1. The number of nitro groups is 1. The van der Waals surface area contributed by atoms with E-state index in [2.05, 4.69) is 5.32 Å². The van der Waals surface area contributed by atoms with Gasteiger partial charge < -0.3 is 29.0 Å². The Bertz CT molecular complexity index is 902. The van der Waals surface area contributed by atoms with Crippen molar-refractivity contribution >= 4 is 29.5 Å². The standard InChI is InChI=1S/C20H24N2O11/c1-10(23)21-17-19(31-13(4)26)18(30-12(3)25)16(9-29-11(2)24)33-20(17)32-15-7-5-14(6-8-15)22(27)28/h5-8,16-20H,9H2,1-4H3,(H,21,23)/t16-,17-,18-,19-,20-/m1/s1. The molecule has 13 nitrogen and oxygen atoms in total. The molecule has 1 aliphatic heterocycles. The first-order chi connectivity index (χ1) is 15.5. The molecule has 0 aliphatic carbocycles. The minimum absolute atomic E-state index is 0.139. The van der Waals surface area contributed by atoms with Crippen molar-refractivity contribution in [2.24, 2.45) is 0 Å². The first-order valence-corrected chi connectivity index (χ1v) is 9.79. The number of carbonyl (C=O) groups is 4. The second-order valence-corrected chi connectivity index (χ2v) is 7.09. The molecule has 0 unspecified atom stereocenters. The highest BCUT2D eigenvalue weighted by atomic mass is 16.7. The average molecular weight is 468 g/mol. The van der Waals surface area contributed by atoms with Crippen molar-refractivity contribution in [2.75, 3.05) is 6.61 Å². The average Bonchev–Trinajstić information content (AvgIpc) is 2.70. The number of nitrogens with zero attached hydrogens (tertiary/aromatic N) is 1. The molecule has 1 amide bonds. The van der Waals surface area contributed by atoms with E-state index < -0.39 is 59.4 Å². The molecular weight excluding hydrogens is 444 g/mol. The van der Waals surface area contributed by atoms with Gasteiger partial charge in [0.05, 0.1) is 4.92 Å². The maximum atomic E-state index is 11.9. The fraction of sp³-hybridized carbons (Fsp3) is 0.500. The SMILES string of the molecule is CC(=O)N[C@H]1[C@H](Oc2ccc([N+](=O)[O-])cc2)O[C@H](COC(C)=O)[C@@H](OC(C)=O)[C@@H]1OC(C)=O. The number of esters is 3. The third-order valence-corrected chi connectivity index (χ3v) is 4.37. The molecule has 2 rings (SSSR count). The first-order valence-electron chi connectivity index (χ1n) is 9.79. The van der Waals surface area contributed by atoms with Crippen LogP contribution in [0.1, 0.15) is 27.7 Å². The number of amides is 1. The fourth-order valence-corrected chi connectivity index (χ4v) is 3.17. The number of hydrogen-bond donors (Lipinski definition) is 1. The smallest absolute Gasteiger partial charge is 0.303 e. The molecule has 0 radical (unpaired) electrons. The summed E-state index contributed by atoms with van der Waals surface area (Å²) in [7, 11) is 0. The van der Waals surface area contributed by atoms with Crippen LogP contribution in [-0.2, 0) is 38.1 Å². The predicted molar refractivity (Wildman–Crippen MR) is 108 cm³/mol. The summed E-state index contributed by atoms with van der Waals surface area (Å²) in [5.41, 5.74) is -0.175. The van der Waals surface area contributed by atoms with Crippen LogP contribution < -0.4 is 10.1 Å². The molecule has 1 aromatic rings. The van der Waals surface area contributed by atoms with E-state index in [0.29, 0.717) is 0 Å². The second kappa shape index (κ2) is 11.2. The Hall–Kier alpha value is -3.74. The fourth-order valence-electron chi connectivity index (χ4n) is 3.17. The van der Waals surface area contributed by atoms with E-state index >= 15 is 0 Å². The quantitative estimate of drug-likeness (QED) is 0.246. The number of carbonyl (C=O) groups excluding carboxylic acids is 4. The Morgan fingerprint density at radius 2 is 1.55 bits per heavy atom. The molecule has 1 aliphatic rings. The van der Waals surface area contributed by atoms with Crippen molar-refractivity contribution < 1.29 is 47.8 Å². The van der Waals surface area contributed by atoms with E-state index in [1.165, 1.54) is 31.2 Å². The summed E-state index contributed by atoms with van der Waals surface area (Å²) in [6.07, 6.45) is -4.96. The molecule has 13 heteroatoms. The summed E-state index contributed by atoms with van der Waals surface area (Å²) < 4.78 is 27.2. The van der Waals surface area contributed by atoms with Crippen LogP contribution in [0.4, 0.5) is 5.69 Å². The van der Waals surface area contributed by atoms with Gasteiger partial charge in [-0.25, -0.2) is 0 Å². The van der Waals surface area contributed by atoms with E-state index in [0.717, 1.165) is 20.8 Å². The van der Waals surface area contributed by atoms with Gasteiger partial charge in [-0.2, -0.15) is 0 Å². The van der Waals surface area contributed by atoms with Crippen molar-refractivity contribution in [3.05, 3.63) is 34.4 Å². The van der Waals surface area contributed by atoms with Gasteiger partial charge in [-0.15, -0.1) is 0 Å². The molecule has 0 bridgehead atoms. The minimum Gasteiger partial charge on any atom is -0.463 e. The summed E-state index contributed by atoms with van der Waals surface area (Å²) in [6, 6.07) is 3.87. The Morgan fingerprint density at radius 1 is 0.970 bits per heavy atom. The summed E-state index contributed by atoms with van der Waals surface area (Å²) in [6.45, 7) is 4.24. The molecule has 0 saturated carbocycles. The molecule has 5 atom stereocenters. The highest BCUT2D eigenvalue weighted by Crippen LogP contribution is 2.29.